The van der Waals surface area contributed by atoms with Gasteiger partial charge in [0.2, 0.25) is 0 Å². The molecule has 3 nitrogen and oxygen atoms in total. The minimum Gasteiger partial charge on any atom is -0.273 e. The van der Waals surface area contributed by atoms with Gasteiger partial charge in [-0.2, -0.15) is 0 Å². The quantitative estimate of drug-likeness (QED) is 0.567. The Labute approximate surface area is 92.6 Å². The van der Waals surface area contributed by atoms with Crippen LogP contribution in [-0.2, 0) is 0 Å². The first-order valence-electron chi connectivity index (χ1n) is 4.70. The molecule has 1 atom stereocenters. The molecule has 0 aromatic heterocycles. The van der Waals surface area contributed by atoms with E-state index in [9.17, 15) is 9.59 Å². The standard InChI is InChI=1S/C11H10ClNO2/c1-7(12)6-13-10(14)8-4-2-3-5-9(8)11(13)15/h2-5,7H,6H2,1H3/t7-/m1/s1. The largest absolute Gasteiger partial charge is 0.273 e. The summed E-state index contributed by atoms with van der Waals surface area (Å²) >= 11 is 5.79. The van der Waals surface area contributed by atoms with Crippen molar-refractivity contribution < 1.29 is 9.59 Å². The van der Waals surface area contributed by atoms with Crippen LogP contribution >= 0.6 is 11.6 Å². The average molecular weight is 224 g/mol. The molecule has 0 fully saturated rings. The van der Waals surface area contributed by atoms with Crippen molar-refractivity contribution in [3.8, 4) is 0 Å². The summed E-state index contributed by atoms with van der Waals surface area (Å²) in [4.78, 5) is 24.8. The lowest BCUT2D eigenvalue weighted by Crippen LogP contribution is -2.34. The van der Waals surface area contributed by atoms with Crippen LogP contribution in [0.4, 0.5) is 0 Å². The molecule has 4 heteroatoms. The van der Waals surface area contributed by atoms with Crippen LogP contribution in [-0.4, -0.2) is 28.6 Å². The molecule has 1 aliphatic heterocycles. The number of fused-ring (bicyclic) bond motifs is 1. The second-order valence-electron chi connectivity index (χ2n) is 3.55. The molecule has 0 N–H and O–H groups in total. The van der Waals surface area contributed by atoms with Gasteiger partial charge < -0.3 is 0 Å². The topological polar surface area (TPSA) is 37.4 Å². The molecule has 1 heterocycles. The summed E-state index contributed by atoms with van der Waals surface area (Å²) in [6, 6.07) is 6.82. The summed E-state index contributed by atoms with van der Waals surface area (Å²) in [6.45, 7) is 2.01. The summed E-state index contributed by atoms with van der Waals surface area (Å²) in [5.74, 6) is -0.494. The number of benzene rings is 1. The highest BCUT2D eigenvalue weighted by molar-refractivity contribution is 6.23. The zero-order valence-corrected chi connectivity index (χ0v) is 8.99. The van der Waals surface area contributed by atoms with Gasteiger partial charge in [-0.25, -0.2) is 0 Å². The van der Waals surface area contributed by atoms with Crippen LogP contribution < -0.4 is 0 Å². The van der Waals surface area contributed by atoms with Crippen molar-refractivity contribution in [3.63, 3.8) is 0 Å². The summed E-state index contributed by atoms with van der Waals surface area (Å²) in [5.41, 5.74) is 0.944. The predicted octanol–water partition coefficient (Wildman–Crippen LogP) is 1.91. The van der Waals surface area contributed by atoms with Gasteiger partial charge in [-0.3, -0.25) is 14.5 Å². The Kier molecular flexibility index (Phi) is 2.49. The monoisotopic (exact) mass is 223 g/mol. The molecule has 2 rings (SSSR count). The number of imide groups is 1. The lowest BCUT2D eigenvalue weighted by Gasteiger charge is -2.14. The predicted molar refractivity (Wildman–Crippen MR) is 57.1 cm³/mol. The molecule has 78 valence electrons. The van der Waals surface area contributed by atoms with Gasteiger partial charge in [-0.15, -0.1) is 11.6 Å². The van der Waals surface area contributed by atoms with Crippen LogP contribution in [0.5, 0.6) is 0 Å². The van der Waals surface area contributed by atoms with Crippen molar-refractivity contribution in [2.24, 2.45) is 0 Å². The van der Waals surface area contributed by atoms with Crippen LogP contribution in [0.25, 0.3) is 0 Å². The summed E-state index contributed by atoms with van der Waals surface area (Å²) in [7, 11) is 0. The number of hydrogen-bond acceptors (Lipinski definition) is 2. The van der Waals surface area contributed by atoms with Gasteiger partial charge in [0.15, 0.2) is 0 Å². The average Bonchev–Trinajstić information content (AvgIpc) is 2.44. The van der Waals surface area contributed by atoms with Crippen LogP contribution in [0, 0.1) is 0 Å². The summed E-state index contributed by atoms with van der Waals surface area (Å²) < 4.78 is 0. The van der Waals surface area contributed by atoms with Crippen LogP contribution in [0.1, 0.15) is 27.6 Å². The number of carbonyl (C=O) groups excluding carboxylic acids is 2. The number of nitrogens with zero attached hydrogens (tertiary/aromatic N) is 1. The molecule has 0 unspecified atom stereocenters. The fourth-order valence-corrected chi connectivity index (χ4v) is 1.79. The van der Waals surface area contributed by atoms with E-state index in [2.05, 4.69) is 0 Å². The zero-order valence-electron chi connectivity index (χ0n) is 8.24. The van der Waals surface area contributed by atoms with Gasteiger partial charge in [-0.05, 0) is 19.1 Å². The highest BCUT2D eigenvalue weighted by Crippen LogP contribution is 2.22. The Hall–Kier alpha value is -1.35. The Morgan fingerprint density at radius 3 is 2.07 bits per heavy atom. The Bertz CT molecular complexity index is 393. The van der Waals surface area contributed by atoms with Crippen molar-refractivity contribution in [1.29, 1.82) is 0 Å². The molecule has 1 aromatic carbocycles. The maximum atomic E-state index is 11.8. The maximum Gasteiger partial charge on any atom is 0.261 e. The van der Waals surface area contributed by atoms with Crippen molar-refractivity contribution >= 4 is 23.4 Å². The van der Waals surface area contributed by atoms with Crippen LogP contribution in [0.15, 0.2) is 24.3 Å². The molecule has 0 spiro atoms. The molecule has 1 aromatic rings. The van der Waals surface area contributed by atoms with E-state index in [1.807, 2.05) is 0 Å². The van der Waals surface area contributed by atoms with E-state index >= 15 is 0 Å². The first-order valence-corrected chi connectivity index (χ1v) is 5.14. The van der Waals surface area contributed by atoms with Crippen molar-refractivity contribution in [2.45, 2.75) is 12.3 Å². The second-order valence-corrected chi connectivity index (χ2v) is 4.29. The van der Waals surface area contributed by atoms with Gasteiger partial charge in [0.05, 0.1) is 11.1 Å². The second kappa shape index (κ2) is 3.66. The first kappa shape index (κ1) is 10.2. The number of alkyl halides is 1. The van der Waals surface area contributed by atoms with E-state index in [1.54, 1.807) is 31.2 Å². The van der Waals surface area contributed by atoms with Gasteiger partial charge in [0, 0.05) is 11.9 Å². The summed E-state index contributed by atoms with van der Waals surface area (Å²) in [6.07, 6.45) is 0. The van der Waals surface area contributed by atoms with E-state index in [-0.39, 0.29) is 23.7 Å². The van der Waals surface area contributed by atoms with E-state index in [4.69, 9.17) is 11.6 Å². The molecule has 0 bridgehead atoms. The number of hydrogen-bond donors (Lipinski definition) is 0. The molecule has 0 aliphatic carbocycles. The van der Waals surface area contributed by atoms with E-state index in [1.165, 1.54) is 4.90 Å². The molecule has 0 saturated carbocycles. The van der Waals surface area contributed by atoms with Gasteiger partial charge in [-0.1, -0.05) is 12.1 Å². The molecule has 0 radical (unpaired) electrons. The maximum absolute atomic E-state index is 11.8. The summed E-state index contributed by atoms with van der Waals surface area (Å²) in [5, 5.41) is -0.229. The Morgan fingerprint density at radius 1 is 1.20 bits per heavy atom. The third kappa shape index (κ3) is 1.63. The molecule has 2 amide bonds. The van der Waals surface area contributed by atoms with Crippen LogP contribution in [0.2, 0.25) is 0 Å². The first-order chi connectivity index (χ1) is 7.11. The van der Waals surface area contributed by atoms with Crippen LogP contribution in [0.3, 0.4) is 0 Å². The fourth-order valence-electron chi connectivity index (χ4n) is 1.66. The minimum absolute atomic E-state index is 0.229. The minimum atomic E-state index is -0.247. The third-order valence-corrected chi connectivity index (χ3v) is 2.45. The fraction of sp³-hybridized carbons (Fsp3) is 0.273. The lowest BCUT2D eigenvalue weighted by atomic mass is 10.1. The van der Waals surface area contributed by atoms with E-state index in [0.29, 0.717) is 11.1 Å². The van der Waals surface area contributed by atoms with E-state index < -0.39 is 0 Å². The normalized spacial score (nSPS) is 16.8. The molecular weight excluding hydrogens is 214 g/mol. The highest BCUT2D eigenvalue weighted by atomic mass is 35.5. The van der Waals surface area contributed by atoms with Gasteiger partial charge in [0.25, 0.3) is 11.8 Å². The van der Waals surface area contributed by atoms with E-state index in [0.717, 1.165) is 0 Å². The SMILES string of the molecule is C[C@@H](Cl)CN1C(=O)c2ccccc2C1=O. The van der Waals surface area contributed by atoms with Gasteiger partial charge >= 0.3 is 0 Å². The zero-order chi connectivity index (χ0) is 11.0. The number of carbonyl (C=O) groups is 2. The van der Waals surface area contributed by atoms with Crippen molar-refractivity contribution in [2.75, 3.05) is 6.54 Å². The smallest absolute Gasteiger partial charge is 0.261 e. The Balaban J connectivity index is 2.37. The van der Waals surface area contributed by atoms with Crippen molar-refractivity contribution in [3.05, 3.63) is 35.4 Å². The molecular formula is C11H10ClNO2. The Morgan fingerprint density at radius 2 is 1.67 bits per heavy atom. The molecule has 0 saturated heterocycles. The highest BCUT2D eigenvalue weighted by Gasteiger charge is 2.35. The lowest BCUT2D eigenvalue weighted by molar-refractivity contribution is 0.0655. The third-order valence-electron chi connectivity index (χ3n) is 2.31. The number of rotatable bonds is 2. The molecule has 1 aliphatic rings. The number of halogens is 1. The van der Waals surface area contributed by atoms with Crippen molar-refractivity contribution in [1.82, 2.24) is 4.90 Å². The van der Waals surface area contributed by atoms with Gasteiger partial charge in [0.1, 0.15) is 0 Å². The molecule has 15 heavy (non-hydrogen) atoms. The number of amides is 2.